The molecule has 1 aromatic carbocycles. The van der Waals surface area contributed by atoms with E-state index in [1.165, 1.54) is 0 Å². The predicted molar refractivity (Wildman–Crippen MR) is 72.2 cm³/mol. The molecule has 0 aliphatic carbocycles. The third-order valence-corrected chi connectivity index (χ3v) is 2.93. The Hall–Kier alpha value is -1.09. The molecule has 2 nitrogen and oxygen atoms in total. The van der Waals surface area contributed by atoms with Gasteiger partial charge in [0.05, 0.1) is 0 Å². The van der Waals surface area contributed by atoms with Crippen molar-refractivity contribution in [3.8, 4) is 0 Å². The minimum absolute atomic E-state index is 0.726. The fraction of sp³-hybridized carbons (Fsp3) is 0.308. The van der Waals surface area contributed by atoms with Crippen molar-refractivity contribution in [3.63, 3.8) is 0 Å². The lowest BCUT2D eigenvalue weighted by molar-refractivity contribution is 0.112. The predicted octanol–water partition coefficient (Wildman–Crippen LogP) is 3.66. The second-order valence-electron chi connectivity index (χ2n) is 3.67. The molecule has 1 rings (SSSR count). The van der Waals surface area contributed by atoms with Crippen molar-refractivity contribution in [1.82, 2.24) is 0 Å². The van der Waals surface area contributed by atoms with E-state index in [0.717, 1.165) is 41.4 Å². The van der Waals surface area contributed by atoms with Crippen molar-refractivity contribution >= 4 is 27.9 Å². The lowest BCUT2D eigenvalue weighted by Gasteiger charge is -2.20. The Morgan fingerprint density at radius 1 is 1.50 bits per heavy atom. The largest absolute Gasteiger partial charge is 0.374 e. The van der Waals surface area contributed by atoms with Crippen LogP contribution in [0.15, 0.2) is 35.3 Å². The van der Waals surface area contributed by atoms with Gasteiger partial charge < -0.3 is 4.90 Å². The topological polar surface area (TPSA) is 20.3 Å². The van der Waals surface area contributed by atoms with Crippen molar-refractivity contribution in [2.24, 2.45) is 0 Å². The second-order valence-corrected chi connectivity index (χ2v) is 4.59. The molecular weight excluding hydrogens is 266 g/mol. The lowest BCUT2D eigenvalue weighted by atomic mass is 10.1. The first-order chi connectivity index (χ1) is 7.69. The summed E-state index contributed by atoms with van der Waals surface area (Å²) in [5, 5.41) is 0. The molecule has 0 heterocycles. The molecule has 0 spiro atoms. The summed E-state index contributed by atoms with van der Waals surface area (Å²) in [6.45, 7) is 4.62. The molecule has 16 heavy (non-hydrogen) atoms. The fourth-order valence-corrected chi connectivity index (χ4v) is 1.89. The van der Waals surface area contributed by atoms with Crippen LogP contribution in [0.1, 0.15) is 23.2 Å². The van der Waals surface area contributed by atoms with E-state index in [4.69, 9.17) is 0 Å². The average Bonchev–Trinajstić information content (AvgIpc) is 2.29. The summed E-state index contributed by atoms with van der Waals surface area (Å²) in [6.07, 6.45) is 4.85. The number of allylic oxidation sites excluding steroid dienone is 1. The highest BCUT2D eigenvalue weighted by molar-refractivity contribution is 9.10. The van der Waals surface area contributed by atoms with Crippen molar-refractivity contribution < 1.29 is 4.79 Å². The molecular formula is C13H16BrNO. The Balaban J connectivity index is 2.79. The highest BCUT2D eigenvalue weighted by Crippen LogP contribution is 2.23. The summed E-state index contributed by atoms with van der Waals surface area (Å²) in [5.74, 6) is 0. The summed E-state index contributed by atoms with van der Waals surface area (Å²) < 4.78 is 0.990. The first kappa shape index (κ1) is 13.0. The quantitative estimate of drug-likeness (QED) is 0.451. The van der Waals surface area contributed by atoms with E-state index >= 15 is 0 Å². The van der Waals surface area contributed by atoms with Crippen LogP contribution in [-0.2, 0) is 0 Å². The Morgan fingerprint density at radius 2 is 2.25 bits per heavy atom. The van der Waals surface area contributed by atoms with Gasteiger partial charge in [-0.1, -0.05) is 22.0 Å². The van der Waals surface area contributed by atoms with E-state index in [9.17, 15) is 4.79 Å². The minimum Gasteiger partial charge on any atom is -0.374 e. The molecule has 0 radical (unpaired) electrons. The summed E-state index contributed by atoms with van der Waals surface area (Å²) in [6, 6.07) is 5.68. The Morgan fingerprint density at radius 3 is 2.88 bits per heavy atom. The molecule has 0 aliphatic heterocycles. The number of benzene rings is 1. The van der Waals surface area contributed by atoms with Crippen molar-refractivity contribution in [1.29, 1.82) is 0 Å². The number of carbonyl (C=O) groups excluding carboxylic acids is 1. The van der Waals surface area contributed by atoms with Gasteiger partial charge in [0.25, 0.3) is 0 Å². The van der Waals surface area contributed by atoms with Gasteiger partial charge in [0.2, 0.25) is 0 Å². The van der Waals surface area contributed by atoms with Crippen LogP contribution in [0.4, 0.5) is 5.69 Å². The number of hydrogen-bond acceptors (Lipinski definition) is 2. The fourth-order valence-electron chi connectivity index (χ4n) is 1.54. The standard InChI is InChI=1S/C13H16BrNO/c1-3-4-5-8-15(2)13-9-12(14)7-6-11(13)10-16/h3,6-7,9-10H,1,4-5,8H2,2H3. The van der Waals surface area contributed by atoms with Crippen LogP contribution in [0.25, 0.3) is 0 Å². The highest BCUT2D eigenvalue weighted by Gasteiger charge is 2.06. The molecule has 0 aliphatic rings. The van der Waals surface area contributed by atoms with Crippen LogP contribution in [0.5, 0.6) is 0 Å². The van der Waals surface area contributed by atoms with Gasteiger partial charge in [-0.05, 0) is 31.0 Å². The first-order valence-electron chi connectivity index (χ1n) is 5.25. The van der Waals surface area contributed by atoms with Crippen LogP contribution >= 0.6 is 15.9 Å². The second kappa shape index (κ2) is 6.48. The van der Waals surface area contributed by atoms with Gasteiger partial charge in [0.1, 0.15) is 0 Å². The van der Waals surface area contributed by atoms with E-state index < -0.39 is 0 Å². The minimum atomic E-state index is 0.726. The molecule has 0 N–H and O–H groups in total. The van der Waals surface area contributed by atoms with Gasteiger partial charge in [-0.2, -0.15) is 0 Å². The molecule has 0 aromatic heterocycles. The molecule has 0 saturated carbocycles. The number of hydrogen-bond donors (Lipinski definition) is 0. The number of unbranched alkanes of at least 4 members (excludes halogenated alkanes) is 1. The summed E-state index contributed by atoms with van der Waals surface area (Å²) in [7, 11) is 2.00. The van der Waals surface area contributed by atoms with Crippen molar-refractivity contribution in [2.75, 3.05) is 18.5 Å². The monoisotopic (exact) mass is 281 g/mol. The number of anilines is 1. The molecule has 0 bridgehead atoms. The molecule has 0 fully saturated rings. The van der Waals surface area contributed by atoms with E-state index in [1.807, 2.05) is 31.3 Å². The first-order valence-corrected chi connectivity index (χ1v) is 6.05. The van der Waals surface area contributed by atoms with E-state index in [1.54, 1.807) is 0 Å². The van der Waals surface area contributed by atoms with Crippen LogP contribution < -0.4 is 4.90 Å². The molecule has 3 heteroatoms. The van der Waals surface area contributed by atoms with Gasteiger partial charge in [0.15, 0.2) is 6.29 Å². The summed E-state index contributed by atoms with van der Waals surface area (Å²) in [4.78, 5) is 13.0. The van der Waals surface area contributed by atoms with E-state index in [0.29, 0.717) is 0 Å². The highest BCUT2D eigenvalue weighted by atomic mass is 79.9. The molecule has 86 valence electrons. The van der Waals surface area contributed by atoms with Crippen molar-refractivity contribution in [2.45, 2.75) is 12.8 Å². The maximum absolute atomic E-state index is 10.9. The molecule has 0 saturated heterocycles. The van der Waals surface area contributed by atoms with Gasteiger partial charge in [-0.25, -0.2) is 0 Å². The Kier molecular flexibility index (Phi) is 5.26. The third-order valence-electron chi connectivity index (χ3n) is 2.43. The zero-order valence-electron chi connectivity index (χ0n) is 9.45. The normalized spacial score (nSPS) is 9.88. The summed E-state index contributed by atoms with van der Waals surface area (Å²) >= 11 is 3.42. The van der Waals surface area contributed by atoms with Gasteiger partial charge in [0, 0.05) is 29.3 Å². The maximum Gasteiger partial charge on any atom is 0.152 e. The smallest absolute Gasteiger partial charge is 0.152 e. The van der Waals surface area contributed by atoms with Gasteiger partial charge >= 0.3 is 0 Å². The number of halogens is 1. The van der Waals surface area contributed by atoms with Gasteiger partial charge in [-0.3, -0.25) is 4.79 Å². The molecule has 0 atom stereocenters. The van der Waals surface area contributed by atoms with Crippen LogP contribution in [0.2, 0.25) is 0 Å². The van der Waals surface area contributed by atoms with Crippen LogP contribution in [0, 0.1) is 0 Å². The number of aldehydes is 1. The van der Waals surface area contributed by atoms with E-state index in [2.05, 4.69) is 27.4 Å². The SMILES string of the molecule is C=CCCCN(C)c1cc(Br)ccc1C=O. The molecule has 1 aromatic rings. The Labute approximate surface area is 105 Å². The average molecular weight is 282 g/mol. The van der Waals surface area contributed by atoms with Crippen molar-refractivity contribution in [3.05, 3.63) is 40.9 Å². The van der Waals surface area contributed by atoms with Crippen LogP contribution in [-0.4, -0.2) is 19.9 Å². The van der Waals surface area contributed by atoms with Gasteiger partial charge in [-0.15, -0.1) is 6.58 Å². The third kappa shape index (κ3) is 3.49. The number of rotatable bonds is 6. The molecule has 0 unspecified atom stereocenters. The molecule has 0 amide bonds. The van der Waals surface area contributed by atoms with E-state index in [-0.39, 0.29) is 0 Å². The van der Waals surface area contributed by atoms with Crippen LogP contribution in [0.3, 0.4) is 0 Å². The zero-order valence-corrected chi connectivity index (χ0v) is 11.0. The summed E-state index contributed by atoms with van der Waals surface area (Å²) in [5.41, 5.74) is 1.69. The zero-order chi connectivity index (χ0) is 12.0. The number of carbonyl (C=O) groups is 1. The Bertz CT molecular complexity index is 376. The number of nitrogens with zero attached hydrogens (tertiary/aromatic N) is 1. The maximum atomic E-state index is 10.9. The lowest BCUT2D eigenvalue weighted by Crippen LogP contribution is -2.19.